The van der Waals surface area contributed by atoms with Gasteiger partial charge in [-0.1, -0.05) is 36.1 Å². The number of benzene rings is 2. The van der Waals surface area contributed by atoms with Crippen LogP contribution in [0.5, 0.6) is 5.75 Å². The Kier molecular flexibility index (Phi) is 8.31. The summed E-state index contributed by atoms with van der Waals surface area (Å²) in [6.07, 6.45) is 3.49. The minimum Gasteiger partial charge on any atom is -0.490 e. The van der Waals surface area contributed by atoms with Crippen molar-refractivity contribution >= 4 is 29.4 Å². The van der Waals surface area contributed by atoms with E-state index >= 15 is 0 Å². The van der Waals surface area contributed by atoms with Gasteiger partial charge in [0, 0.05) is 17.1 Å². The van der Waals surface area contributed by atoms with Crippen LogP contribution in [0, 0.1) is 13.8 Å². The van der Waals surface area contributed by atoms with Crippen molar-refractivity contribution < 1.29 is 24.2 Å². The number of rotatable bonds is 9. The van der Waals surface area contributed by atoms with E-state index < -0.39 is 18.0 Å². The van der Waals surface area contributed by atoms with Crippen LogP contribution >= 0.6 is 11.3 Å². The fourth-order valence-corrected chi connectivity index (χ4v) is 6.27. The number of carbonyl (C=O) groups excluding carboxylic acids is 1. The normalized spacial score (nSPS) is 14.7. The summed E-state index contributed by atoms with van der Waals surface area (Å²) in [7, 11) is 0. The number of hydrogen-bond donors (Lipinski definition) is 1. The van der Waals surface area contributed by atoms with Crippen molar-refractivity contribution in [2.24, 2.45) is 4.99 Å². The zero-order chi connectivity index (χ0) is 30.8. The minimum atomic E-state index is -0.986. The van der Waals surface area contributed by atoms with Gasteiger partial charge >= 0.3 is 11.9 Å². The summed E-state index contributed by atoms with van der Waals surface area (Å²) in [6.45, 7) is 11.6. The summed E-state index contributed by atoms with van der Waals surface area (Å²) >= 11 is 1.26. The number of hydrogen-bond acceptors (Lipinski definition) is 7. The van der Waals surface area contributed by atoms with Crippen LogP contribution in [0.2, 0.25) is 0 Å². The van der Waals surface area contributed by atoms with Crippen molar-refractivity contribution in [3.63, 3.8) is 0 Å². The molecule has 9 nitrogen and oxygen atoms in total. The minimum absolute atomic E-state index is 0.190. The van der Waals surface area contributed by atoms with E-state index in [9.17, 15) is 19.5 Å². The van der Waals surface area contributed by atoms with Crippen LogP contribution in [-0.2, 0) is 9.53 Å². The number of carboxylic acid groups (broad SMARTS) is 1. The standard InChI is InChI=1S/C33H31N3O6S/c1-6-16-42-26-14-10-22(11-15-26)29-28(32(40)41-7-2)20(4)34-33-36(29)30(37)27(43-33)18-24-17-19(3)35(21(24)5)25-12-8-23(9-13-25)31(38)39/h6,8-15,17-18,29H,1,7,16H2,2-5H3,(H,38,39)/b27-18-/t29-/m1/s1. The maximum atomic E-state index is 14.0. The van der Waals surface area contributed by atoms with Crippen LogP contribution in [0.3, 0.4) is 0 Å². The number of nitrogens with zero attached hydrogens (tertiary/aromatic N) is 3. The number of carboxylic acids is 1. The fraction of sp³-hybridized carbons (Fsp3) is 0.212. The Morgan fingerprint density at radius 3 is 2.42 bits per heavy atom. The Bertz CT molecular complexity index is 1940. The number of ether oxygens (including phenoxy) is 2. The van der Waals surface area contributed by atoms with Crippen molar-refractivity contribution in [1.29, 1.82) is 0 Å². The maximum Gasteiger partial charge on any atom is 0.338 e. The second-order valence-electron chi connectivity index (χ2n) is 9.98. The second-order valence-corrected chi connectivity index (χ2v) is 11.0. The third kappa shape index (κ3) is 5.61. The molecule has 0 unspecified atom stereocenters. The average Bonchev–Trinajstić information content (AvgIpc) is 3.44. The Morgan fingerprint density at radius 1 is 1.09 bits per heavy atom. The molecule has 5 rings (SSSR count). The van der Waals surface area contributed by atoms with Crippen molar-refractivity contribution in [2.45, 2.75) is 33.7 Å². The fourth-order valence-electron chi connectivity index (χ4n) is 5.23. The van der Waals surface area contributed by atoms with Gasteiger partial charge in [0.2, 0.25) is 0 Å². The second kappa shape index (κ2) is 12.1. The SMILES string of the molecule is C=CCOc1ccc([C@@H]2C(C(=O)OCC)=C(C)N=c3s/c(=C\c4cc(C)n(-c5ccc(C(=O)O)cc5)c4C)c(=O)n32)cc1. The highest BCUT2D eigenvalue weighted by Crippen LogP contribution is 2.32. The first kappa shape index (κ1) is 29.5. The lowest BCUT2D eigenvalue weighted by Gasteiger charge is -2.24. The molecule has 0 saturated carbocycles. The lowest BCUT2D eigenvalue weighted by Crippen LogP contribution is -2.39. The van der Waals surface area contributed by atoms with Crippen LogP contribution in [0.25, 0.3) is 11.8 Å². The summed E-state index contributed by atoms with van der Waals surface area (Å²) in [5, 5.41) is 9.26. The quantitative estimate of drug-likeness (QED) is 0.225. The molecule has 4 aromatic rings. The molecular weight excluding hydrogens is 566 g/mol. The molecule has 220 valence electrons. The Balaban J connectivity index is 1.63. The number of aromatic carboxylic acids is 1. The predicted octanol–water partition coefficient (Wildman–Crippen LogP) is 4.47. The molecule has 0 aliphatic carbocycles. The van der Waals surface area contributed by atoms with Crippen LogP contribution in [0.1, 0.15) is 52.8 Å². The molecule has 0 saturated heterocycles. The zero-order valence-corrected chi connectivity index (χ0v) is 25.1. The first-order valence-electron chi connectivity index (χ1n) is 13.7. The summed E-state index contributed by atoms with van der Waals surface area (Å²) in [5.41, 5.74) is 4.93. The monoisotopic (exact) mass is 597 g/mol. The lowest BCUT2D eigenvalue weighted by atomic mass is 9.96. The van der Waals surface area contributed by atoms with Gasteiger partial charge in [-0.25, -0.2) is 14.6 Å². The highest BCUT2D eigenvalue weighted by molar-refractivity contribution is 7.07. The zero-order valence-electron chi connectivity index (χ0n) is 24.3. The number of thiazole rings is 1. The van der Waals surface area contributed by atoms with E-state index in [4.69, 9.17) is 9.47 Å². The molecule has 43 heavy (non-hydrogen) atoms. The van der Waals surface area contributed by atoms with Gasteiger partial charge in [-0.3, -0.25) is 9.36 Å². The van der Waals surface area contributed by atoms with Gasteiger partial charge in [0.1, 0.15) is 12.4 Å². The largest absolute Gasteiger partial charge is 0.490 e. The average molecular weight is 598 g/mol. The predicted molar refractivity (Wildman–Crippen MR) is 165 cm³/mol. The molecule has 3 heterocycles. The van der Waals surface area contributed by atoms with E-state index in [0.29, 0.717) is 33.0 Å². The molecule has 0 fully saturated rings. The summed E-state index contributed by atoms with van der Waals surface area (Å²) in [5.74, 6) is -0.866. The van der Waals surface area contributed by atoms with Crippen molar-refractivity contribution in [3.8, 4) is 11.4 Å². The smallest absolute Gasteiger partial charge is 0.338 e. The van der Waals surface area contributed by atoms with Crippen LogP contribution in [0.15, 0.2) is 88.3 Å². The van der Waals surface area contributed by atoms with E-state index in [1.54, 1.807) is 60.9 Å². The van der Waals surface area contributed by atoms with E-state index in [2.05, 4.69) is 11.6 Å². The molecule has 0 bridgehead atoms. The number of aryl methyl sites for hydroxylation is 1. The topological polar surface area (TPSA) is 112 Å². The van der Waals surface area contributed by atoms with Gasteiger partial charge in [0.15, 0.2) is 4.80 Å². The molecule has 0 spiro atoms. The molecule has 0 amide bonds. The molecule has 1 N–H and O–H groups in total. The third-order valence-corrected chi connectivity index (χ3v) is 8.19. The van der Waals surface area contributed by atoms with E-state index in [1.165, 1.54) is 11.3 Å². The molecule has 2 aromatic carbocycles. The van der Waals surface area contributed by atoms with Crippen molar-refractivity contribution in [3.05, 3.63) is 126 Å². The maximum absolute atomic E-state index is 14.0. The molecule has 0 radical (unpaired) electrons. The molecule has 1 atom stereocenters. The number of esters is 1. The van der Waals surface area contributed by atoms with Crippen LogP contribution < -0.4 is 19.6 Å². The van der Waals surface area contributed by atoms with E-state index in [-0.39, 0.29) is 17.7 Å². The van der Waals surface area contributed by atoms with Crippen LogP contribution in [-0.4, -0.2) is 39.4 Å². The third-order valence-electron chi connectivity index (χ3n) is 7.21. The van der Waals surface area contributed by atoms with E-state index in [1.807, 2.05) is 42.7 Å². The number of fused-ring (bicyclic) bond motifs is 1. The first-order valence-corrected chi connectivity index (χ1v) is 14.5. The van der Waals surface area contributed by atoms with Crippen LogP contribution in [0.4, 0.5) is 0 Å². The Hall–Kier alpha value is -4.96. The van der Waals surface area contributed by atoms with Crippen molar-refractivity contribution in [2.75, 3.05) is 13.2 Å². The Morgan fingerprint density at radius 2 is 1.79 bits per heavy atom. The molecule has 1 aliphatic rings. The molecule has 10 heteroatoms. The summed E-state index contributed by atoms with van der Waals surface area (Å²) in [4.78, 5) is 43.6. The molecule has 1 aliphatic heterocycles. The summed E-state index contributed by atoms with van der Waals surface area (Å²) in [6, 6.07) is 15.2. The first-order chi connectivity index (χ1) is 20.6. The van der Waals surface area contributed by atoms with E-state index in [0.717, 1.165) is 28.2 Å². The Labute approximate surface area is 252 Å². The molecule has 2 aromatic heterocycles. The van der Waals surface area contributed by atoms with Gasteiger partial charge in [0.05, 0.1) is 34.0 Å². The molecular formula is C33H31N3O6S. The van der Waals surface area contributed by atoms with Gasteiger partial charge in [-0.2, -0.15) is 0 Å². The van der Waals surface area contributed by atoms with Gasteiger partial charge in [-0.15, -0.1) is 0 Å². The highest BCUT2D eigenvalue weighted by Gasteiger charge is 2.33. The lowest BCUT2D eigenvalue weighted by molar-refractivity contribution is -0.139. The number of allylic oxidation sites excluding steroid dienone is 1. The van der Waals surface area contributed by atoms with Gasteiger partial charge in [0.25, 0.3) is 5.56 Å². The highest BCUT2D eigenvalue weighted by atomic mass is 32.1. The van der Waals surface area contributed by atoms with Gasteiger partial charge in [-0.05, 0) is 87.4 Å². The number of aromatic nitrogens is 2. The summed E-state index contributed by atoms with van der Waals surface area (Å²) < 4.78 is 15.0. The number of carbonyl (C=O) groups is 2. The van der Waals surface area contributed by atoms with Crippen molar-refractivity contribution in [1.82, 2.24) is 9.13 Å². The van der Waals surface area contributed by atoms with Gasteiger partial charge < -0.3 is 19.1 Å².